The van der Waals surface area contributed by atoms with Crippen LogP contribution >= 0.6 is 0 Å². The van der Waals surface area contributed by atoms with Crippen molar-refractivity contribution in [1.82, 2.24) is 9.88 Å². The second-order valence-corrected chi connectivity index (χ2v) is 17.1. The van der Waals surface area contributed by atoms with Gasteiger partial charge in [-0.1, -0.05) is 18.1 Å². The normalized spacial score (nSPS) is 27.6. The molecule has 328 valence electrons. The van der Waals surface area contributed by atoms with E-state index in [4.69, 9.17) is 23.7 Å². The number of carbonyl (C=O) groups is 3. The van der Waals surface area contributed by atoms with Crippen LogP contribution in [0.25, 0.3) is 16.5 Å². The number of likely N-dealkylation sites (tertiary alicyclic amines) is 1. The zero-order valence-corrected chi connectivity index (χ0v) is 35.1. The van der Waals surface area contributed by atoms with Crippen LogP contribution in [0.15, 0.2) is 47.4 Å². The van der Waals surface area contributed by atoms with E-state index in [1.807, 2.05) is 30.5 Å². The first kappa shape index (κ1) is 43.1. The van der Waals surface area contributed by atoms with Gasteiger partial charge in [0.05, 0.1) is 43.1 Å². The summed E-state index contributed by atoms with van der Waals surface area (Å²) in [4.78, 5) is 46.9. The number of piperidine rings is 1. The van der Waals surface area contributed by atoms with Crippen LogP contribution in [-0.4, -0.2) is 120 Å². The molecule has 0 bridgehead atoms. The molecule has 0 spiro atoms. The lowest BCUT2D eigenvalue weighted by molar-refractivity contribution is -0.151. The fraction of sp³-hybridized carbons (Fsp3) is 0.553. The number of rotatable bonds is 15. The minimum absolute atomic E-state index is 0.00952. The molecule has 2 aromatic carbocycles. The van der Waals surface area contributed by atoms with Gasteiger partial charge in [0.2, 0.25) is 5.76 Å². The zero-order valence-electron chi connectivity index (χ0n) is 35.1. The fourth-order valence-electron chi connectivity index (χ4n) is 10.9. The highest BCUT2D eigenvalue weighted by Gasteiger charge is 2.55. The number of hydrogen-bond acceptors (Lipinski definition) is 13. The van der Waals surface area contributed by atoms with Crippen molar-refractivity contribution < 1.29 is 58.5 Å². The van der Waals surface area contributed by atoms with Crippen molar-refractivity contribution in [3.05, 3.63) is 69.6 Å². The molecule has 6 atom stereocenters. The number of benzene rings is 2. The highest BCUT2D eigenvalue weighted by Crippen LogP contribution is 2.58. The molecule has 1 saturated heterocycles. The molecule has 3 fully saturated rings. The van der Waals surface area contributed by atoms with Crippen LogP contribution < -0.4 is 14.2 Å². The maximum absolute atomic E-state index is 14.1. The van der Waals surface area contributed by atoms with Crippen LogP contribution in [0.1, 0.15) is 86.5 Å². The van der Waals surface area contributed by atoms with Gasteiger partial charge in [0, 0.05) is 80.9 Å². The van der Waals surface area contributed by atoms with Gasteiger partial charge in [-0.15, -0.1) is 0 Å². The summed E-state index contributed by atoms with van der Waals surface area (Å²) >= 11 is 0. The number of hydrogen-bond donors (Lipinski definition) is 5. The number of esters is 1. The summed E-state index contributed by atoms with van der Waals surface area (Å²) in [5.74, 6) is -2.10. The Balaban J connectivity index is 1.27. The molecule has 14 nitrogen and oxygen atoms in total. The second-order valence-electron chi connectivity index (χ2n) is 17.1. The highest BCUT2D eigenvalue weighted by atomic mass is 16.6. The van der Waals surface area contributed by atoms with Crippen LogP contribution in [0.4, 0.5) is 0 Å². The van der Waals surface area contributed by atoms with Gasteiger partial charge in [0.15, 0.2) is 6.29 Å². The maximum atomic E-state index is 14.1. The summed E-state index contributed by atoms with van der Waals surface area (Å²) in [5.41, 5.74) is 2.35. The summed E-state index contributed by atoms with van der Waals surface area (Å²) in [6, 6.07) is 7.65. The van der Waals surface area contributed by atoms with Gasteiger partial charge in [0.1, 0.15) is 34.7 Å². The number of carbonyl (C=O) groups excluding carboxylic acids is 3. The molecule has 0 radical (unpaired) electrons. The van der Waals surface area contributed by atoms with Crippen molar-refractivity contribution in [3.63, 3.8) is 0 Å². The van der Waals surface area contributed by atoms with Crippen molar-refractivity contribution in [2.75, 3.05) is 59.8 Å². The number of aliphatic hydroxyl groups excluding tert-OH is 3. The van der Waals surface area contributed by atoms with Crippen molar-refractivity contribution in [3.8, 4) is 17.2 Å². The molecule has 14 heteroatoms. The third-order valence-corrected chi connectivity index (χ3v) is 13.7. The lowest BCUT2D eigenvalue weighted by Crippen LogP contribution is -2.59. The molecule has 3 aliphatic heterocycles. The average Bonchev–Trinajstić information content (AvgIpc) is 3.94. The number of ether oxygens (including phenoxy) is 5. The highest BCUT2D eigenvalue weighted by molar-refractivity contribution is 6.11. The fourth-order valence-corrected chi connectivity index (χ4v) is 10.9. The van der Waals surface area contributed by atoms with Crippen LogP contribution in [0.3, 0.4) is 0 Å². The Morgan fingerprint density at radius 3 is 2.69 bits per heavy atom. The first-order chi connectivity index (χ1) is 29.7. The molecular weight excluding hydrogens is 785 g/mol. The lowest BCUT2D eigenvalue weighted by atomic mass is 9.63. The van der Waals surface area contributed by atoms with Gasteiger partial charge in [-0.25, -0.2) is 4.79 Å². The van der Waals surface area contributed by atoms with Crippen LogP contribution in [0.5, 0.6) is 17.2 Å². The van der Waals surface area contributed by atoms with E-state index < -0.39 is 42.7 Å². The minimum atomic E-state index is -1.20. The molecule has 2 aliphatic carbocycles. The zero-order chi connectivity index (χ0) is 42.8. The number of methoxy groups -OCH3 is 1. The largest absolute Gasteiger partial charge is 0.492 e. The number of aliphatic hydroxyl groups is 4. The van der Waals surface area contributed by atoms with E-state index in [-0.39, 0.29) is 97.3 Å². The number of aldehydes is 1. The minimum Gasteiger partial charge on any atom is -0.492 e. The lowest BCUT2D eigenvalue weighted by Gasteiger charge is -2.51. The average molecular weight is 843 g/mol. The molecular formula is C47H58N2O12. The summed E-state index contributed by atoms with van der Waals surface area (Å²) in [7, 11) is 1.71. The van der Waals surface area contributed by atoms with Gasteiger partial charge in [-0.2, -0.15) is 0 Å². The number of fused-ring (bicyclic) bond motifs is 4. The monoisotopic (exact) mass is 842 g/mol. The third-order valence-electron chi connectivity index (χ3n) is 13.7. The molecule has 61 heavy (non-hydrogen) atoms. The third kappa shape index (κ3) is 7.91. The number of allylic oxidation sites excluding steroid dienone is 3. The van der Waals surface area contributed by atoms with Crippen molar-refractivity contribution in [1.29, 1.82) is 0 Å². The van der Waals surface area contributed by atoms with Crippen molar-refractivity contribution >= 4 is 34.5 Å². The van der Waals surface area contributed by atoms with Gasteiger partial charge >= 0.3 is 5.97 Å². The summed E-state index contributed by atoms with van der Waals surface area (Å²) < 4.78 is 30.5. The number of nitrogens with zero attached hydrogens (tertiary/aromatic N) is 1. The number of aromatic nitrogens is 1. The van der Waals surface area contributed by atoms with Crippen LogP contribution in [0.2, 0.25) is 0 Å². The Kier molecular flexibility index (Phi) is 13.0. The SMILES string of the molecule is CCOC(=O)C1=C(C=O)C(=C2CC(CO)C(=O)C(c3ccc4[nH]ccc4c3)C2)c2c(OCCCO)c3c(c(CO)c2O1)OC(C1(O)CCCC2CN(CCCOC)CCC21)C3. The number of nitrogens with one attached hydrogen (secondary N) is 1. The summed E-state index contributed by atoms with van der Waals surface area (Å²) in [6.45, 7) is 3.86. The molecule has 4 heterocycles. The van der Waals surface area contributed by atoms with E-state index in [0.29, 0.717) is 41.6 Å². The van der Waals surface area contributed by atoms with Gasteiger partial charge < -0.3 is 54.0 Å². The Morgan fingerprint density at radius 1 is 1.08 bits per heavy atom. The van der Waals surface area contributed by atoms with E-state index in [1.54, 1.807) is 14.0 Å². The Morgan fingerprint density at radius 2 is 1.93 bits per heavy atom. The molecule has 5 aliphatic rings. The Labute approximate surface area is 355 Å². The summed E-state index contributed by atoms with van der Waals surface area (Å²) in [5, 5.41) is 45.5. The number of ketones is 1. The predicted octanol–water partition coefficient (Wildman–Crippen LogP) is 4.53. The Bertz CT molecular complexity index is 2210. The van der Waals surface area contributed by atoms with E-state index in [0.717, 1.165) is 61.8 Å². The molecule has 5 N–H and O–H groups in total. The topological polar surface area (TPSA) is 197 Å². The molecule has 2 saturated carbocycles. The Hall–Kier alpha value is -4.57. The van der Waals surface area contributed by atoms with Crippen molar-refractivity contribution in [2.45, 2.75) is 88.9 Å². The van der Waals surface area contributed by atoms with Gasteiger partial charge in [-0.05, 0) is 93.0 Å². The standard InChI is InChI=1S/C47H58N2O12/c1-3-58-46(55)45-34(25-52)39(30-20-31(24-51)41(54)32(21-30)27-8-9-37-28(19-27)10-13-48-37)40-43(59-18-6-16-50)33-22-38(60-42(33)35(26-53)44(40)61-45)47(56)12-4-7-29-23-49(14-5-17-57-2)15-11-36(29)47/h8-10,13,19,25,29,31-32,36,38,48,50-51,53,56H,3-7,11-12,14-18,20-24,26H2,1-2H3. The van der Waals surface area contributed by atoms with Crippen molar-refractivity contribution in [2.24, 2.45) is 17.8 Å². The van der Waals surface area contributed by atoms with E-state index in [2.05, 4.69) is 9.88 Å². The van der Waals surface area contributed by atoms with E-state index in [1.165, 1.54) is 0 Å². The molecule has 3 aromatic rings. The smallest absolute Gasteiger partial charge is 0.375 e. The van der Waals surface area contributed by atoms with Crippen LogP contribution in [-0.2, 0) is 36.9 Å². The molecule has 1 aromatic heterocycles. The van der Waals surface area contributed by atoms with E-state index in [9.17, 15) is 34.8 Å². The second kappa shape index (κ2) is 18.4. The number of aromatic amines is 1. The van der Waals surface area contributed by atoms with E-state index >= 15 is 0 Å². The summed E-state index contributed by atoms with van der Waals surface area (Å²) in [6.07, 6.45) is 6.47. The van der Waals surface area contributed by atoms with Gasteiger partial charge in [0.25, 0.3) is 0 Å². The quantitative estimate of drug-likeness (QED) is 0.0814. The van der Waals surface area contributed by atoms with Crippen LogP contribution in [0, 0.1) is 17.8 Å². The maximum Gasteiger partial charge on any atom is 0.375 e. The molecule has 0 amide bonds. The predicted molar refractivity (Wildman–Crippen MR) is 224 cm³/mol. The first-order valence-corrected chi connectivity index (χ1v) is 21.8. The van der Waals surface area contributed by atoms with Gasteiger partial charge in [-0.3, -0.25) is 9.59 Å². The molecule has 8 rings (SSSR count). The molecule has 6 unspecified atom stereocenters. The number of Topliss-reactive ketones (excluding diaryl/α,β-unsaturated/α-hetero) is 1. The first-order valence-electron chi connectivity index (χ1n) is 21.8. The number of H-pyrrole nitrogens is 1.